The van der Waals surface area contributed by atoms with Gasteiger partial charge in [-0.3, -0.25) is 9.79 Å². The molecule has 2 bridgehead atoms. The Labute approximate surface area is 291 Å². The number of hydrogen-bond acceptors (Lipinski definition) is 11. The molecule has 13 nitrogen and oxygen atoms in total. The zero-order valence-corrected chi connectivity index (χ0v) is 30.8. The quantitative estimate of drug-likeness (QED) is 0.105. The molecule has 0 aliphatic carbocycles. The average Bonchev–Trinajstić information content (AvgIpc) is 3.02. The topological polar surface area (TPSA) is 171 Å². The predicted molar refractivity (Wildman–Crippen MR) is 195 cm³/mol. The molecule has 0 saturated carbocycles. The highest BCUT2D eigenvalue weighted by molar-refractivity contribution is 6.04. The zero-order chi connectivity index (χ0) is 36.8. The highest BCUT2D eigenvalue weighted by atomic mass is 16.6. The van der Waals surface area contributed by atoms with Gasteiger partial charge in [-0.15, -0.1) is 0 Å². The Morgan fingerprint density at radius 3 is 2.43 bits per heavy atom. The molecule has 2 amide bonds. The maximum Gasteiger partial charge on any atom is 0.405 e. The lowest BCUT2D eigenvalue weighted by atomic mass is 9.86. The molecule has 1 aliphatic rings. The third kappa shape index (κ3) is 12.9. The van der Waals surface area contributed by atoms with Crippen LogP contribution in [-0.4, -0.2) is 125 Å². The number of primary amides is 1. The van der Waals surface area contributed by atoms with Crippen LogP contribution in [0, 0.1) is 11.8 Å². The molecule has 0 fully saturated rings. The lowest BCUT2D eigenvalue weighted by molar-refractivity contribution is -0.112. The molecule has 274 valence electrons. The molecule has 13 heteroatoms. The molecular weight excluding hydrogens is 628 g/mol. The van der Waals surface area contributed by atoms with Crippen molar-refractivity contribution in [1.82, 2.24) is 15.1 Å². The largest absolute Gasteiger partial charge is 0.506 e. The monoisotopic (exact) mass is 686 g/mol. The van der Waals surface area contributed by atoms with Gasteiger partial charge in [0.1, 0.15) is 23.3 Å². The third-order valence-electron chi connectivity index (χ3n) is 8.46. The number of likely N-dealkylation sites (N-methyl/N-ethyl adjacent to an activating group) is 1. The summed E-state index contributed by atoms with van der Waals surface area (Å²) in [5.41, 5.74) is 7.27. The van der Waals surface area contributed by atoms with E-state index in [1.807, 2.05) is 53.0 Å². The second kappa shape index (κ2) is 20.1. The maximum atomic E-state index is 13.2. The van der Waals surface area contributed by atoms with E-state index in [-0.39, 0.29) is 46.9 Å². The minimum atomic E-state index is -0.940. The standard InChI is InChI=1S/C36H58N6O7/c1-22-18-26-32(39-15-17-42(7)8)28(43)21-27(33(26)44)40-35(45)23(2)12-11-13-29(47-9)34(49-36(37)46)25(4)20-24(3)31(30(19-22)48-10)38-14-16-41(5)6/h11-13,15,20-22,24,29-31,34,38,43-44H,14,16-19H2,1-10H3,(H2,37,46)(H,40,45)/b13-11-,23-12+,25-20+,39-15?/t22-,24+,29+,30+,31-,34+/m1/s1. The molecule has 0 saturated heterocycles. The zero-order valence-electron chi connectivity index (χ0n) is 30.8. The van der Waals surface area contributed by atoms with Gasteiger partial charge in [-0.1, -0.05) is 38.2 Å². The summed E-state index contributed by atoms with van der Waals surface area (Å²) < 4.78 is 17.4. The van der Waals surface area contributed by atoms with Crippen LogP contribution in [0.4, 0.5) is 16.2 Å². The third-order valence-corrected chi connectivity index (χ3v) is 8.46. The molecule has 1 aromatic carbocycles. The Hall–Kier alpha value is -3.75. The molecule has 2 rings (SSSR count). The number of ether oxygens (including phenoxy) is 3. The highest BCUT2D eigenvalue weighted by Crippen LogP contribution is 2.44. The Kier molecular flexibility index (Phi) is 16.9. The summed E-state index contributed by atoms with van der Waals surface area (Å²) in [6, 6.07) is 1.15. The summed E-state index contributed by atoms with van der Waals surface area (Å²) in [6.07, 6.45) is 6.74. The number of anilines is 1. The van der Waals surface area contributed by atoms with Crippen molar-refractivity contribution in [1.29, 1.82) is 0 Å². The van der Waals surface area contributed by atoms with Crippen LogP contribution in [0.5, 0.6) is 11.5 Å². The van der Waals surface area contributed by atoms with Crippen LogP contribution in [0.25, 0.3) is 0 Å². The number of carbonyl (C=O) groups is 2. The number of methoxy groups -OCH3 is 2. The first-order chi connectivity index (χ1) is 23.1. The van der Waals surface area contributed by atoms with Crippen LogP contribution in [-0.2, 0) is 25.4 Å². The number of benzene rings is 1. The van der Waals surface area contributed by atoms with Gasteiger partial charge in [0, 0.05) is 63.3 Å². The van der Waals surface area contributed by atoms with Gasteiger partial charge in [-0.2, -0.15) is 0 Å². The maximum absolute atomic E-state index is 13.2. The smallest absolute Gasteiger partial charge is 0.405 e. The molecule has 0 unspecified atom stereocenters. The summed E-state index contributed by atoms with van der Waals surface area (Å²) in [5.74, 6) is -0.977. The molecule has 1 aromatic rings. The van der Waals surface area contributed by atoms with E-state index in [0.717, 1.165) is 12.1 Å². The van der Waals surface area contributed by atoms with Crippen LogP contribution >= 0.6 is 0 Å². The van der Waals surface area contributed by atoms with Crippen molar-refractivity contribution in [2.75, 3.05) is 67.4 Å². The molecule has 49 heavy (non-hydrogen) atoms. The van der Waals surface area contributed by atoms with Crippen LogP contribution in [0.2, 0.25) is 0 Å². The van der Waals surface area contributed by atoms with E-state index in [9.17, 15) is 19.8 Å². The Bertz CT molecular complexity index is 1370. The fraction of sp³-hybridized carbons (Fsp3) is 0.583. The summed E-state index contributed by atoms with van der Waals surface area (Å²) >= 11 is 0. The number of nitrogens with two attached hydrogens (primary N) is 1. The predicted octanol–water partition coefficient (Wildman–Crippen LogP) is 3.98. The van der Waals surface area contributed by atoms with Crippen molar-refractivity contribution < 1.29 is 34.0 Å². The van der Waals surface area contributed by atoms with Gasteiger partial charge in [0.25, 0.3) is 5.91 Å². The van der Waals surface area contributed by atoms with E-state index < -0.39 is 24.2 Å². The number of nitrogens with zero attached hydrogens (tertiary/aromatic N) is 3. The van der Waals surface area contributed by atoms with Gasteiger partial charge in [0.15, 0.2) is 6.10 Å². The van der Waals surface area contributed by atoms with Crippen LogP contribution < -0.4 is 16.4 Å². The number of rotatable bonds is 10. The normalized spacial score (nSPS) is 27.4. The molecular formula is C36H58N6O7. The fourth-order valence-corrected chi connectivity index (χ4v) is 5.83. The highest BCUT2D eigenvalue weighted by Gasteiger charge is 2.31. The molecule has 6 N–H and O–H groups in total. The summed E-state index contributed by atoms with van der Waals surface area (Å²) in [7, 11) is 11.0. The number of fused-ring (bicyclic) bond motifs is 2. The fourth-order valence-electron chi connectivity index (χ4n) is 5.83. The first kappa shape index (κ1) is 41.4. The lowest BCUT2D eigenvalue weighted by Crippen LogP contribution is -2.48. The minimum Gasteiger partial charge on any atom is -0.506 e. The second-order valence-corrected chi connectivity index (χ2v) is 13.3. The van der Waals surface area contributed by atoms with E-state index in [2.05, 4.69) is 27.4 Å². The number of carbonyl (C=O) groups excluding carboxylic acids is 2. The van der Waals surface area contributed by atoms with Crippen molar-refractivity contribution in [3.8, 4) is 11.5 Å². The summed E-state index contributed by atoms with van der Waals surface area (Å²) in [5, 5.41) is 29.1. The molecule has 0 spiro atoms. The van der Waals surface area contributed by atoms with Gasteiger partial charge in [0.05, 0.1) is 11.8 Å². The molecule has 6 atom stereocenters. The number of phenols is 2. The molecule has 1 heterocycles. The number of phenolic OH excluding ortho intramolecular Hbond substituents is 2. The van der Waals surface area contributed by atoms with E-state index in [0.29, 0.717) is 37.1 Å². The SMILES string of the molecule is CO[C@H]1/C=C\C=C(/C)C(=O)Nc2cc(O)c(N=CCN(C)C)c(c2O)C[C@@H](C)C[C@H](OC)[C@H](NCCN(C)C)[C@@H](C)/C=C(\C)[C@@H]1OC(N)=O. The lowest BCUT2D eigenvalue weighted by Gasteiger charge is -2.34. The first-order valence-electron chi connectivity index (χ1n) is 16.6. The average molecular weight is 687 g/mol. The second-order valence-electron chi connectivity index (χ2n) is 13.3. The van der Waals surface area contributed by atoms with Crippen molar-refractivity contribution in [2.24, 2.45) is 22.6 Å². The van der Waals surface area contributed by atoms with Crippen molar-refractivity contribution >= 4 is 29.6 Å². The van der Waals surface area contributed by atoms with E-state index >= 15 is 0 Å². The molecule has 0 radical (unpaired) electrons. The van der Waals surface area contributed by atoms with Gasteiger partial charge in [-0.05, 0) is 72.3 Å². The first-order valence-corrected chi connectivity index (χ1v) is 16.6. The Morgan fingerprint density at radius 1 is 1.14 bits per heavy atom. The van der Waals surface area contributed by atoms with Crippen molar-refractivity contribution in [3.05, 3.63) is 47.1 Å². The van der Waals surface area contributed by atoms with E-state index in [1.165, 1.54) is 13.2 Å². The van der Waals surface area contributed by atoms with E-state index in [4.69, 9.17) is 19.9 Å². The minimum absolute atomic E-state index is 0.0591. The van der Waals surface area contributed by atoms with Gasteiger partial charge in [-0.25, -0.2) is 4.79 Å². The number of aliphatic imine (C=N–C) groups is 1. The number of nitrogens with one attached hydrogen (secondary N) is 2. The van der Waals surface area contributed by atoms with Crippen LogP contribution in [0.1, 0.15) is 39.7 Å². The van der Waals surface area contributed by atoms with Gasteiger partial charge in [0.2, 0.25) is 0 Å². The molecule has 1 aliphatic heterocycles. The number of amides is 2. The van der Waals surface area contributed by atoms with Crippen molar-refractivity contribution in [2.45, 2.75) is 64.9 Å². The van der Waals surface area contributed by atoms with Crippen molar-refractivity contribution in [3.63, 3.8) is 0 Å². The van der Waals surface area contributed by atoms with Gasteiger partial charge < -0.3 is 50.6 Å². The Balaban J connectivity index is 2.76. The number of allylic oxidation sites excluding steroid dienone is 2. The van der Waals surface area contributed by atoms with Crippen LogP contribution in [0.3, 0.4) is 0 Å². The summed E-state index contributed by atoms with van der Waals surface area (Å²) in [4.78, 5) is 33.8. The molecule has 0 aromatic heterocycles. The van der Waals surface area contributed by atoms with Gasteiger partial charge >= 0.3 is 6.09 Å². The Morgan fingerprint density at radius 2 is 1.84 bits per heavy atom. The number of aromatic hydroxyl groups is 2. The van der Waals surface area contributed by atoms with Crippen LogP contribution in [0.15, 0.2) is 46.5 Å². The van der Waals surface area contributed by atoms with E-state index in [1.54, 1.807) is 38.5 Å². The summed E-state index contributed by atoms with van der Waals surface area (Å²) in [6.45, 7) is 9.62. The number of hydrogen-bond donors (Lipinski definition) is 5.